The Morgan fingerprint density at radius 2 is 2.00 bits per heavy atom. The number of amides is 1. The molecule has 3 aromatic rings. The van der Waals surface area contributed by atoms with E-state index >= 15 is 0 Å². The van der Waals surface area contributed by atoms with Crippen LogP contribution in [0, 0.1) is 11.7 Å². The van der Waals surface area contributed by atoms with Gasteiger partial charge in [0.25, 0.3) is 5.91 Å². The van der Waals surface area contributed by atoms with E-state index in [0.29, 0.717) is 18.7 Å². The summed E-state index contributed by atoms with van der Waals surface area (Å²) in [5, 5.41) is 6.86. The van der Waals surface area contributed by atoms with Crippen molar-refractivity contribution < 1.29 is 13.9 Å². The van der Waals surface area contributed by atoms with E-state index in [9.17, 15) is 9.18 Å². The molecule has 28 heavy (non-hydrogen) atoms. The smallest absolute Gasteiger partial charge is 0.253 e. The van der Waals surface area contributed by atoms with E-state index in [0.717, 1.165) is 30.6 Å². The molecule has 1 aromatic heterocycles. The number of para-hydroxylation sites is 1. The van der Waals surface area contributed by atoms with Crippen molar-refractivity contribution in [2.75, 3.05) is 19.7 Å². The Balaban J connectivity index is 1.37. The lowest BCUT2D eigenvalue weighted by Gasteiger charge is -2.32. The summed E-state index contributed by atoms with van der Waals surface area (Å²) in [6.45, 7) is 1.76. The highest BCUT2D eigenvalue weighted by Crippen LogP contribution is 2.23. The average Bonchev–Trinajstić information content (AvgIpc) is 3.28. The highest BCUT2D eigenvalue weighted by Gasteiger charge is 2.25. The van der Waals surface area contributed by atoms with Crippen molar-refractivity contribution in [1.29, 1.82) is 0 Å². The molecule has 5 nitrogen and oxygen atoms in total. The molecule has 2 aromatic carbocycles. The lowest BCUT2D eigenvalue weighted by Crippen LogP contribution is -2.41. The molecule has 0 radical (unpaired) electrons. The fourth-order valence-corrected chi connectivity index (χ4v) is 3.55. The number of carbonyl (C=O) groups is 1. The molecular weight excluding hydrogens is 357 g/mol. The summed E-state index contributed by atoms with van der Waals surface area (Å²) in [6.07, 6.45) is 3.59. The molecule has 1 atom stereocenters. The number of likely N-dealkylation sites (tertiary alicyclic amines) is 1. The van der Waals surface area contributed by atoms with Gasteiger partial charge in [0.1, 0.15) is 0 Å². The van der Waals surface area contributed by atoms with E-state index in [4.69, 9.17) is 4.74 Å². The number of carbonyl (C=O) groups excluding carboxylic acids is 1. The number of nitrogens with zero attached hydrogens (tertiary/aromatic N) is 2. The summed E-state index contributed by atoms with van der Waals surface area (Å²) < 4.78 is 19.4. The first-order valence-electron chi connectivity index (χ1n) is 9.47. The minimum absolute atomic E-state index is 0.0201. The number of rotatable bonds is 5. The number of piperidine rings is 1. The van der Waals surface area contributed by atoms with Gasteiger partial charge >= 0.3 is 0 Å². The summed E-state index contributed by atoms with van der Waals surface area (Å²) in [4.78, 5) is 14.7. The Hall–Kier alpha value is -3.15. The molecule has 0 saturated carbocycles. The number of nitrogens with one attached hydrogen (secondary N) is 1. The van der Waals surface area contributed by atoms with Gasteiger partial charge in [0, 0.05) is 30.8 Å². The van der Waals surface area contributed by atoms with Crippen LogP contribution in [0.4, 0.5) is 4.39 Å². The minimum Gasteiger partial charge on any atom is -0.490 e. The Kier molecular flexibility index (Phi) is 5.37. The van der Waals surface area contributed by atoms with E-state index in [1.165, 1.54) is 6.07 Å². The SMILES string of the molecule is O=C(c1ccc(-c2ccn[nH]2)cc1)N1CCCC(COc2ccccc2F)C1. The van der Waals surface area contributed by atoms with Crippen molar-refractivity contribution in [1.82, 2.24) is 15.1 Å². The molecular formula is C22H22FN3O2. The Labute approximate surface area is 163 Å². The van der Waals surface area contributed by atoms with Gasteiger partial charge in [-0.15, -0.1) is 0 Å². The summed E-state index contributed by atoms with van der Waals surface area (Å²) in [6, 6.07) is 15.8. The Bertz CT molecular complexity index is 925. The van der Waals surface area contributed by atoms with Gasteiger partial charge in [0.2, 0.25) is 0 Å². The van der Waals surface area contributed by atoms with Crippen molar-refractivity contribution in [3.05, 3.63) is 72.2 Å². The van der Waals surface area contributed by atoms with Crippen LogP contribution in [0.1, 0.15) is 23.2 Å². The van der Waals surface area contributed by atoms with Gasteiger partial charge in [-0.3, -0.25) is 9.89 Å². The molecule has 1 saturated heterocycles. The predicted molar refractivity (Wildman–Crippen MR) is 105 cm³/mol. The molecule has 0 spiro atoms. The number of halogens is 1. The number of hydrogen-bond donors (Lipinski definition) is 1. The molecule has 1 aliphatic heterocycles. The van der Waals surface area contributed by atoms with E-state index in [1.54, 1.807) is 24.4 Å². The standard InChI is InChI=1S/C22H22FN3O2/c23-19-5-1-2-6-21(19)28-15-16-4-3-13-26(14-16)22(27)18-9-7-17(8-10-18)20-11-12-24-25-20/h1-2,5-12,16H,3-4,13-15H2,(H,24,25). The van der Waals surface area contributed by atoms with Crippen molar-refractivity contribution in [3.63, 3.8) is 0 Å². The number of benzene rings is 2. The summed E-state index contributed by atoms with van der Waals surface area (Å²) in [7, 11) is 0. The van der Waals surface area contributed by atoms with Crippen LogP contribution < -0.4 is 4.74 Å². The number of H-pyrrole nitrogens is 1. The third-order valence-electron chi connectivity index (χ3n) is 5.06. The highest BCUT2D eigenvalue weighted by molar-refractivity contribution is 5.94. The first-order valence-corrected chi connectivity index (χ1v) is 9.47. The maximum atomic E-state index is 13.7. The lowest BCUT2D eigenvalue weighted by molar-refractivity contribution is 0.0631. The minimum atomic E-state index is -0.358. The monoisotopic (exact) mass is 379 g/mol. The summed E-state index contributed by atoms with van der Waals surface area (Å²) in [5.41, 5.74) is 2.57. The fourth-order valence-electron chi connectivity index (χ4n) is 3.55. The van der Waals surface area contributed by atoms with E-state index in [1.807, 2.05) is 35.2 Å². The van der Waals surface area contributed by atoms with Crippen LogP contribution in [0.5, 0.6) is 5.75 Å². The highest BCUT2D eigenvalue weighted by atomic mass is 19.1. The van der Waals surface area contributed by atoms with Crippen LogP contribution in [0.25, 0.3) is 11.3 Å². The summed E-state index contributed by atoms with van der Waals surface area (Å²) in [5.74, 6) is 0.122. The zero-order valence-corrected chi connectivity index (χ0v) is 15.5. The Morgan fingerprint density at radius 3 is 2.75 bits per heavy atom. The largest absolute Gasteiger partial charge is 0.490 e. The molecule has 1 aliphatic rings. The average molecular weight is 379 g/mol. The fraction of sp³-hybridized carbons (Fsp3) is 0.273. The van der Waals surface area contributed by atoms with E-state index in [-0.39, 0.29) is 23.4 Å². The van der Waals surface area contributed by atoms with Gasteiger partial charge in [0.05, 0.1) is 12.3 Å². The van der Waals surface area contributed by atoms with Gasteiger partial charge in [-0.2, -0.15) is 5.10 Å². The van der Waals surface area contributed by atoms with Crippen molar-refractivity contribution in [2.24, 2.45) is 5.92 Å². The van der Waals surface area contributed by atoms with Crippen LogP contribution in [0.3, 0.4) is 0 Å². The van der Waals surface area contributed by atoms with Crippen LogP contribution in [-0.2, 0) is 0 Å². The molecule has 0 aliphatic carbocycles. The second-order valence-electron chi connectivity index (χ2n) is 7.05. The van der Waals surface area contributed by atoms with Crippen molar-refractivity contribution in [3.8, 4) is 17.0 Å². The predicted octanol–water partition coefficient (Wildman–Crippen LogP) is 4.15. The zero-order chi connectivity index (χ0) is 19.3. The first kappa shape index (κ1) is 18.2. The van der Waals surface area contributed by atoms with Gasteiger partial charge in [-0.1, -0.05) is 24.3 Å². The maximum absolute atomic E-state index is 13.7. The van der Waals surface area contributed by atoms with E-state index < -0.39 is 0 Å². The number of hydrogen-bond acceptors (Lipinski definition) is 3. The Morgan fingerprint density at radius 1 is 1.18 bits per heavy atom. The summed E-state index contributed by atoms with van der Waals surface area (Å²) >= 11 is 0. The van der Waals surface area contributed by atoms with Gasteiger partial charge in [0.15, 0.2) is 11.6 Å². The molecule has 144 valence electrons. The van der Waals surface area contributed by atoms with Gasteiger partial charge < -0.3 is 9.64 Å². The van der Waals surface area contributed by atoms with Crippen molar-refractivity contribution >= 4 is 5.91 Å². The normalized spacial score (nSPS) is 16.8. The number of ether oxygens (including phenoxy) is 1. The molecule has 2 heterocycles. The number of aromatic nitrogens is 2. The van der Waals surface area contributed by atoms with Gasteiger partial charge in [-0.05, 0) is 48.7 Å². The number of aromatic amines is 1. The van der Waals surface area contributed by atoms with Gasteiger partial charge in [-0.25, -0.2) is 4.39 Å². The van der Waals surface area contributed by atoms with Crippen LogP contribution in [0.15, 0.2) is 60.8 Å². The third kappa shape index (κ3) is 4.06. The van der Waals surface area contributed by atoms with E-state index in [2.05, 4.69) is 10.2 Å². The molecule has 6 heteroatoms. The molecule has 1 amide bonds. The molecule has 4 rings (SSSR count). The molecule has 1 unspecified atom stereocenters. The maximum Gasteiger partial charge on any atom is 0.253 e. The lowest BCUT2D eigenvalue weighted by atomic mass is 9.98. The first-order chi connectivity index (χ1) is 13.7. The van der Waals surface area contributed by atoms with Crippen LogP contribution >= 0.6 is 0 Å². The zero-order valence-electron chi connectivity index (χ0n) is 15.5. The molecule has 0 bridgehead atoms. The molecule has 1 N–H and O–H groups in total. The van der Waals surface area contributed by atoms with Crippen LogP contribution in [0.2, 0.25) is 0 Å². The topological polar surface area (TPSA) is 58.2 Å². The van der Waals surface area contributed by atoms with Crippen molar-refractivity contribution in [2.45, 2.75) is 12.8 Å². The third-order valence-corrected chi connectivity index (χ3v) is 5.06. The van der Waals surface area contributed by atoms with Crippen LogP contribution in [-0.4, -0.2) is 40.7 Å². The molecule has 1 fully saturated rings. The second-order valence-corrected chi connectivity index (χ2v) is 7.05. The quantitative estimate of drug-likeness (QED) is 0.725. The second kappa shape index (κ2) is 8.25.